The molecule has 0 aliphatic carbocycles. The number of rotatable bonds is 5. The molecule has 0 fully saturated rings. The van der Waals surface area contributed by atoms with Gasteiger partial charge in [-0.1, -0.05) is 60.7 Å². The van der Waals surface area contributed by atoms with Crippen molar-refractivity contribution < 1.29 is 4.74 Å². The van der Waals surface area contributed by atoms with Crippen molar-refractivity contribution in [2.24, 2.45) is 0 Å². The summed E-state index contributed by atoms with van der Waals surface area (Å²) >= 11 is 0. The molecule has 4 aromatic rings. The fourth-order valence-corrected chi connectivity index (χ4v) is 2.59. The lowest BCUT2D eigenvalue weighted by molar-refractivity contribution is 0.297. The van der Waals surface area contributed by atoms with E-state index in [0.29, 0.717) is 24.5 Å². The summed E-state index contributed by atoms with van der Waals surface area (Å²) in [5.74, 6) is 0.510. The van der Waals surface area contributed by atoms with E-state index in [9.17, 15) is 0 Å². The molecule has 2 aromatic carbocycles. The molecule has 4 rings (SSSR count). The zero-order valence-electron chi connectivity index (χ0n) is 13.0. The molecule has 118 valence electrons. The summed E-state index contributed by atoms with van der Waals surface area (Å²) in [4.78, 5) is 13.0. The van der Waals surface area contributed by atoms with Crippen LogP contribution in [-0.4, -0.2) is 19.5 Å². The van der Waals surface area contributed by atoms with E-state index < -0.39 is 0 Å². The van der Waals surface area contributed by atoms with Crippen molar-refractivity contribution in [3.05, 3.63) is 84.4 Å². The Hall–Kier alpha value is -3.21. The standard InChI is InChI=1S/C19H16N4O/c1-3-7-15(8-4-1)11-23-14-22-17-18(23)20-13-21-19(17)24-12-16-9-5-2-6-10-16/h1-10,13-14H,11-12H2. The van der Waals surface area contributed by atoms with Crippen molar-refractivity contribution >= 4 is 11.2 Å². The highest BCUT2D eigenvalue weighted by molar-refractivity contribution is 5.76. The van der Waals surface area contributed by atoms with Crippen molar-refractivity contribution in [1.82, 2.24) is 19.5 Å². The van der Waals surface area contributed by atoms with Gasteiger partial charge in [0.2, 0.25) is 5.88 Å². The van der Waals surface area contributed by atoms with E-state index in [1.165, 1.54) is 11.9 Å². The molecule has 0 radical (unpaired) electrons. The number of benzene rings is 2. The van der Waals surface area contributed by atoms with Crippen LogP contribution < -0.4 is 4.74 Å². The quantitative estimate of drug-likeness (QED) is 0.566. The van der Waals surface area contributed by atoms with Gasteiger partial charge in [-0.05, 0) is 11.1 Å². The molecule has 2 aromatic heterocycles. The van der Waals surface area contributed by atoms with Crippen LogP contribution in [0.1, 0.15) is 11.1 Å². The van der Waals surface area contributed by atoms with Crippen molar-refractivity contribution in [2.75, 3.05) is 0 Å². The number of hydrogen-bond donors (Lipinski definition) is 0. The Morgan fingerprint density at radius 1 is 0.792 bits per heavy atom. The fourth-order valence-electron chi connectivity index (χ4n) is 2.59. The lowest BCUT2D eigenvalue weighted by Gasteiger charge is -2.06. The van der Waals surface area contributed by atoms with E-state index in [2.05, 4.69) is 27.1 Å². The minimum atomic E-state index is 0.457. The molecule has 0 bridgehead atoms. The lowest BCUT2D eigenvalue weighted by Crippen LogP contribution is -2.01. The van der Waals surface area contributed by atoms with Gasteiger partial charge in [-0.25, -0.2) is 9.97 Å². The molecule has 0 saturated heterocycles. The first kappa shape index (κ1) is 14.4. The molecule has 0 saturated carbocycles. The highest BCUT2D eigenvalue weighted by Crippen LogP contribution is 2.21. The molecule has 5 heteroatoms. The number of ether oxygens (including phenoxy) is 1. The first-order valence-electron chi connectivity index (χ1n) is 7.76. The van der Waals surface area contributed by atoms with Gasteiger partial charge in [0.15, 0.2) is 11.2 Å². The molecule has 0 amide bonds. The van der Waals surface area contributed by atoms with E-state index in [-0.39, 0.29) is 0 Å². The summed E-state index contributed by atoms with van der Waals surface area (Å²) in [5, 5.41) is 0. The van der Waals surface area contributed by atoms with Gasteiger partial charge in [-0.3, -0.25) is 0 Å². The van der Waals surface area contributed by atoms with Crippen LogP contribution in [0.15, 0.2) is 73.3 Å². The maximum absolute atomic E-state index is 5.84. The minimum Gasteiger partial charge on any atom is -0.471 e. The maximum Gasteiger partial charge on any atom is 0.245 e. The van der Waals surface area contributed by atoms with Gasteiger partial charge in [0, 0.05) is 0 Å². The summed E-state index contributed by atoms with van der Waals surface area (Å²) in [6.07, 6.45) is 3.30. The number of nitrogens with zero attached hydrogens (tertiary/aromatic N) is 4. The van der Waals surface area contributed by atoms with Gasteiger partial charge in [0.25, 0.3) is 0 Å². The Morgan fingerprint density at radius 2 is 1.50 bits per heavy atom. The number of fused-ring (bicyclic) bond motifs is 1. The number of imidazole rings is 1. The van der Waals surface area contributed by atoms with E-state index in [1.54, 1.807) is 6.33 Å². The van der Waals surface area contributed by atoms with Crippen LogP contribution in [0.5, 0.6) is 5.88 Å². The topological polar surface area (TPSA) is 52.8 Å². The van der Waals surface area contributed by atoms with Crippen molar-refractivity contribution in [2.45, 2.75) is 13.2 Å². The molecular formula is C19H16N4O. The highest BCUT2D eigenvalue weighted by Gasteiger charge is 2.11. The zero-order valence-corrected chi connectivity index (χ0v) is 13.0. The van der Waals surface area contributed by atoms with Crippen molar-refractivity contribution in [3.8, 4) is 5.88 Å². The van der Waals surface area contributed by atoms with Gasteiger partial charge in [0.05, 0.1) is 12.9 Å². The maximum atomic E-state index is 5.84. The van der Waals surface area contributed by atoms with Crippen LogP contribution in [0, 0.1) is 0 Å². The van der Waals surface area contributed by atoms with Crippen LogP contribution >= 0.6 is 0 Å². The molecule has 0 atom stereocenters. The minimum absolute atomic E-state index is 0.457. The smallest absolute Gasteiger partial charge is 0.245 e. The SMILES string of the molecule is c1ccc(COc2ncnc3c2ncn3Cc2ccccc2)cc1. The van der Waals surface area contributed by atoms with Gasteiger partial charge >= 0.3 is 0 Å². The molecule has 2 heterocycles. The van der Waals surface area contributed by atoms with Crippen molar-refractivity contribution in [1.29, 1.82) is 0 Å². The van der Waals surface area contributed by atoms with Gasteiger partial charge < -0.3 is 9.30 Å². The molecule has 24 heavy (non-hydrogen) atoms. The molecule has 0 aliphatic rings. The zero-order chi connectivity index (χ0) is 16.2. The van der Waals surface area contributed by atoms with Crippen LogP contribution in [0.2, 0.25) is 0 Å². The second-order valence-corrected chi connectivity index (χ2v) is 5.48. The molecule has 0 N–H and O–H groups in total. The van der Waals surface area contributed by atoms with Crippen LogP contribution in [0.4, 0.5) is 0 Å². The summed E-state index contributed by atoms with van der Waals surface area (Å²) < 4.78 is 7.84. The normalized spacial score (nSPS) is 10.8. The Balaban J connectivity index is 1.59. The summed E-state index contributed by atoms with van der Waals surface area (Å²) in [7, 11) is 0. The van der Waals surface area contributed by atoms with E-state index in [1.807, 2.05) is 53.1 Å². The third-order valence-corrected chi connectivity index (χ3v) is 3.78. The number of hydrogen-bond acceptors (Lipinski definition) is 4. The predicted molar refractivity (Wildman–Crippen MR) is 91.6 cm³/mol. The van der Waals surface area contributed by atoms with E-state index in [4.69, 9.17) is 4.74 Å². The Labute approximate surface area is 139 Å². The van der Waals surface area contributed by atoms with Crippen LogP contribution in [0.3, 0.4) is 0 Å². The van der Waals surface area contributed by atoms with E-state index in [0.717, 1.165) is 11.2 Å². The first-order valence-corrected chi connectivity index (χ1v) is 7.76. The average Bonchev–Trinajstić information content (AvgIpc) is 3.05. The second kappa shape index (κ2) is 6.50. The first-order chi connectivity index (χ1) is 11.9. The average molecular weight is 316 g/mol. The van der Waals surface area contributed by atoms with Gasteiger partial charge in [0.1, 0.15) is 12.9 Å². The van der Waals surface area contributed by atoms with E-state index >= 15 is 0 Å². The summed E-state index contributed by atoms with van der Waals surface area (Å²) in [6, 6.07) is 20.2. The Morgan fingerprint density at radius 3 is 2.25 bits per heavy atom. The lowest BCUT2D eigenvalue weighted by atomic mass is 10.2. The van der Waals surface area contributed by atoms with Crippen molar-refractivity contribution in [3.63, 3.8) is 0 Å². The number of aromatic nitrogens is 4. The largest absolute Gasteiger partial charge is 0.471 e. The predicted octanol–water partition coefficient (Wildman–Crippen LogP) is 3.45. The second-order valence-electron chi connectivity index (χ2n) is 5.48. The fraction of sp³-hybridized carbons (Fsp3) is 0.105. The van der Waals surface area contributed by atoms with Gasteiger partial charge in [-0.2, -0.15) is 4.98 Å². The molecule has 0 unspecified atom stereocenters. The Bertz CT molecular complexity index is 935. The Kier molecular flexibility index (Phi) is 3.90. The van der Waals surface area contributed by atoms with Crippen LogP contribution in [-0.2, 0) is 13.2 Å². The molecule has 0 aliphatic heterocycles. The summed E-state index contributed by atoms with van der Waals surface area (Å²) in [5.41, 5.74) is 3.75. The molecule has 0 spiro atoms. The third-order valence-electron chi connectivity index (χ3n) is 3.78. The summed E-state index contributed by atoms with van der Waals surface area (Å²) in [6.45, 7) is 1.17. The third kappa shape index (κ3) is 2.96. The molecular weight excluding hydrogens is 300 g/mol. The monoisotopic (exact) mass is 316 g/mol. The molecule has 5 nitrogen and oxygen atoms in total. The van der Waals surface area contributed by atoms with Crippen LogP contribution in [0.25, 0.3) is 11.2 Å². The highest BCUT2D eigenvalue weighted by atomic mass is 16.5. The van der Waals surface area contributed by atoms with Gasteiger partial charge in [-0.15, -0.1) is 0 Å².